The predicted molar refractivity (Wildman–Crippen MR) is 66.0 cm³/mol. The van der Waals surface area contributed by atoms with E-state index in [0.29, 0.717) is 30.8 Å². The average Bonchev–Trinajstić information content (AvgIpc) is 2.88. The molecule has 0 aromatic rings. The predicted octanol–water partition coefficient (Wildman–Crippen LogP) is 2.86. The van der Waals surface area contributed by atoms with Gasteiger partial charge in [-0.3, -0.25) is 4.79 Å². The van der Waals surface area contributed by atoms with Gasteiger partial charge in [0.25, 0.3) is 0 Å². The number of Topliss-reactive ketones (excluding diaryl/α,β-unsaturated/α-hetero) is 1. The fourth-order valence-corrected chi connectivity index (χ4v) is 2.68. The Balaban J connectivity index is 1.53. The standard InChI is InChI=1S/C14H24O3/c15-12(7-9-14-5-3-11-17-14)6-8-13-4-1-2-10-16-13/h13-14H,1-11H2. The summed E-state index contributed by atoms with van der Waals surface area (Å²) in [6.45, 7) is 1.77. The molecule has 0 spiro atoms. The van der Waals surface area contributed by atoms with Crippen LogP contribution in [0.5, 0.6) is 0 Å². The van der Waals surface area contributed by atoms with Gasteiger partial charge in [0.1, 0.15) is 5.78 Å². The smallest absolute Gasteiger partial charge is 0.133 e. The van der Waals surface area contributed by atoms with Crippen molar-refractivity contribution < 1.29 is 14.3 Å². The third kappa shape index (κ3) is 4.76. The quantitative estimate of drug-likeness (QED) is 0.716. The van der Waals surface area contributed by atoms with Crippen LogP contribution in [0.3, 0.4) is 0 Å². The molecule has 0 bridgehead atoms. The highest BCUT2D eigenvalue weighted by Crippen LogP contribution is 2.20. The Morgan fingerprint density at radius 1 is 0.882 bits per heavy atom. The van der Waals surface area contributed by atoms with Crippen LogP contribution in [0.2, 0.25) is 0 Å². The van der Waals surface area contributed by atoms with E-state index in [-0.39, 0.29) is 0 Å². The Hall–Kier alpha value is -0.410. The molecule has 3 nitrogen and oxygen atoms in total. The van der Waals surface area contributed by atoms with Gasteiger partial charge in [-0.25, -0.2) is 0 Å². The molecule has 0 aromatic heterocycles. The van der Waals surface area contributed by atoms with Gasteiger partial charge < -0.3 is 9.47 Å². The van der Waals surface area contributed by atoms with Crippen LogP contribution in [0, 0.1) is 0 Å². The van der Waals surface area contributed by atoms with E-state index < -0.39 is 0 Å². The first-order valence-electron chi connectivity index (χ1n) is 7.09. The molecular weight excluding hydrogens is 216 g/mol. The third-order valence-corrected chi connectivity index (χ3v) is 3.79. The van der Waals surface area contributed by atoms with Gasteiger partial charge in [-0.05, 0) is 44.9 Å². The second-order valence-electron chi connectivity index (χ2n) is 5.24. The van der Waals surface area contributed by atoms with Gasteiger partial charge in [0.05, 0.1) is 12.2 Å². The van der Waals surface area contributed by atoms with E-state index in [0.717, 1.165) is 45.3 Å². The van der Waals surface area contributed by atoms with Crippen molar-refractivity contribution in [3.63, 3.8) is 0 Å². The van der Waals surface area contributed by atoms with Crippen LogP contribution in [0.1, 0.15) is 57.8 Å². The molecular formula is C14H24O3. The van der Waals surface area contributed by atoms with Gasteiger partial charge >= 0.3 is 0 Å². The summed E-state index contributed by atoms with van der Waals surface area (Å²) < 4.78 is 11.2. The maximum Gasteiger partial charge on any atom is 0.133 e. The number of carbonyl (C=O) groups is 1. The summed E-state index contributed by atoms with van der Waals surface area (Å²) in [6, 6.07) is 0. The normalized spacial score (nSPS) is 29.4. The first-order chi connectivity index (χ1) is 8.34. The molecule has 0 radical (unpaired) electrons. The second kappa shape index (κ2) is 7.12. The molecule has 0 amide bonds. The van der Waals surface area contributed by atoms with E-state index in [1.165, 1.54) is 12.8 Å². The van der Waals surface area contributed by atoms with Crippen LogP contribution >= 0.6 is 0 Å². The van der Waals surface area contributed by atoms with E-state index in [1.807, 2.05) is 0 Å². The molecule has 0 saturated carbocycles. The van der Waals surface area contributed by atoms with E-state index in [2.05, 4.69) is 0 Å². The van der Waals surface area contributed by atoms with Crippen molar-refractivity contribution in [3.8, 4) is 0 Å². The summed E-state index contributed by atoms with van der Waals surface area (Å²) in [5.74, 6) is 0.384. The SMILES string of the molecule is O=C(CCC1CCCCO1)CCC1CCCO1. The molecule has 2 heterocycles. The molecule has 3 heteroatoms. The van der Waals surface area contributed by atoms with Crippen LogP contribution in [0.15, 0.2) is 0 Å². The zero-order valence-corrected chi connectivity index (χ0v) is 10.7. The van der Waals surface area contributed by atoms with E-state index in [4.69, 9.17) is 9.47 Å². The molecule has 0 aliphatic carbocycles. The van der Waals surface area contributed by atoms with Gasteiger partial charge in [0, 0.05) is 26.1 Å². The summed E-state index contributed by atoms with van der Waals surface area (Å²) in [5, 5.41) is 0. The Labute approximate surface area is 104 Å². The minimum atomic E-state index is 0.343. The molecule has 2 fully saturated rings. The second-order valence-corrected chi connectivity index (χ2v) is 5.24. The van der Waals surface area contributed by atoms with Crippen LogP contribution in [0.25, 0.3) is 0 Å². The maximum atomic E-state index is 11.7. The summed E-state index contributed by atoms with van der Waals surface area (Å²) in [4.78, 5) is 11.7. The lowest BCUT2D eigenvalue weighted by Gasteiger charge is -2.22. The Morgan fingerprint density at radius 3 is 1.94 bits per heavy atom. The summed E-state index contributed by atoms with van der Waals surface area (Å²) in [7, 11) is 0. The van der Waals surface area contributed by atoms with Crippen LogP contribution in [0.4, 0.5) is 0 Å². The van der Waals surface area contributed by atoms with Crippen molar-refractivity contribution in [1.82, 2.24) is 0 Å². The monoisotopic (exact) mass is 240 g/mol. The van der Waals surface area contributed by atoms with Crippen LogP contribution in [-0.2, 0) is 14.3 Å². The van der Waals surface area contributed by atoms with Crippen molar-refractivity contribution in [3.05, 3.63) is 0 Å². The van der Waals surface area contributed by atoms with Gasteiger partial charge in [-0.15, -0.1) is 0 Å². The number of ketones is 1. The molecule has 2 unspecified atom stereocenters. The van der Waals surface area contributed by atoms with Crippen molar-refractivity contribution in [1.29, 1.82) is 0 Å². The minimum Gasteiger partial charge on any atom is -0.378 e. The summed E-state index contributed by atoms with van der Waals surface area (Å²) in [5.41, 5.74) is 0. The fourth-order valence-electron chi connectivity index (χ4n) is 2.68. The molecule has 0 aromatic carbocycles. The first-order valence-corrected chi connectivity index (χ1v) is 7.09. The molecule has 98 valence electrons. The molecule has 2 aliphatic rings. The van der Waals surface area contributed by atoms with Gasteiger partial charge in [-0.1, -0.05) is 0 Å². The number of ether oxygens (including phenoxy) is 2. The van der Waals surface area contributed by atoms with Gasteiger partial charge in [0.15, 0.2) is 0 Å². The molecule has 2 atom stereocenters. The van der Waals surface area contributed by atoms with E-state index >= 15 is 0 Å². The fraction of sp³-hybridized carbons (Fsp3) is 0.929. The first kappa shape index (κ1) is 13.0. The number of rotatable bonds is 6. The van der Waals surface area contributed by atoms with Crippen molar-refractivity contribution >= 4 is 5.78 Å². The zero-order chi connectivity index (χ0) is 11.9. The highest BCUT2D eigenvalue weighted by Gasteiger charge is 2.18. The molecule has 17 heavy (non-hydrogen) atoms. The number of hydrogen-bond donors (Lipinski definition) is 0. The maximum absolute atomic E-state index is 11.7. The van der Waals surface area contributed by atoms with E-state index in [9.17, 15) is 4.79 Å². The molecule has 2 aliphatic heterocycles. The van der Waals surface area contributed by atoms with Crippen molar-refractivity contribution in [2.24, 2.45) is 0 Å². The van der Waals surface area contributed by atoms with E-state index in [1.54, 1.807) is 0 Å². The van der Waals surface area contributed by atoms with Crippen LogP contribution < -0.4 is 0 Å². The lowest BCUT2D eigenvalue weighted by Crippen LogP contribution is -2.20. The third-order valence-electron chi connectivity index (χ3n) is 3.79. The highest BCUT2D eigenvalue weighted by atomic mass is 16.5. The lowest BCUT2D eigenvalue weighted by molar-refractivity contribution is -0.120. The van der Waals surface area contributed by atoms with Crippen LogP contribution in [-0.4, -0.2) is 31.2 Å². The molecule has 2 saturated heterocycles. The number of hydrogen-bond acceptors (Lipinski definition) is 3. The zero-order valence-electron chi connectivity index (χ0n) is 10.7. The Bertz CT molecular complexity index is 228. The molecule has 2 rings (SSSR count). The van der Waals surface area contributed by atoms with Gasteiger partial charge in [0.2, 0.25) is 0 Å². The minimum absolute atomic E-state index is 0.343. The van der Waals surface area contributed by atoms with Crippen molar-refractivity contribution in [2.45, 2.75) is 70.0 Å². The number of carbonyl (C=O) groups excluding carboxylic acids is 1. The molecule has 0 N–H and O–H groups in total. The highest BCUT2D eigenvalue weighted by molar-refractivity contribution is 5.78. The Morgan fingerprint density at radius 2 is 1.47 bits per heavy atom. The average molecular weight is 240 g/mol. The van der Waals surface area contributed by atoms with Crippen molar-refractivity contribution in [2.75, 3.05) is 13.2 Å². The summed E-state index contributed by atoms with van der Waals surface area (Å²) in [6.07, 6.45) is 9.80. The van der Waals surface area contributed by atoms with Gasteiger partial charge in [-0.2, -0.15) is 0 Å². The Kier molecular flexibility index (Phi) is 5.46. The topological polar surface area (TPSA) is 35.5 Å². The lowest BCUT2D eigenvalue weighted by atomic mass is 10.0. The summed E-state index contributed by atoms with van der Waals surface area (Å²) >= 11 is 0. The largest absolute Gasteiger partial charge is 0.378 e.